The molecule has 116 valence electrons. The van der Waals surface area contributed by atoms with Crippen molar-refractivity contribution in [3.05, 3.63) is 63.9 Å². The Morgan fingerprint density at radius 2 is 1.91 bits per heavy atom. The zero-order valence-corrected chi connectivity index (χ0v) is 14.0. The first-order valence-electron chi connectivity index (χ1n) is 6.99. The third kappa shape index (κ3) is 3.48. The van der Waals surface area contributed by atoms with Gasteiger partial charge in [-0.3, -0.25) is 0 Å². The number of para-hydroxylation sites is 2. The van der Waals surface area contributed by atoms with Crippen LogP contribution in [0.5, 0.6) is 5.75 Å². The van der Waals surface area contributed by atoms with Gasteiger partial charge >= 0.3 is 0 Å². The molecular formula is C17H14BrN3O2. The summed E-state index contributed by atoms with van der Waals surface area (Å²) in [7, 11) is 0. The lowest BCUT2D eigenvalue weighted by Crippen LogP contribution is -2.05. The van der Waals surface area contributed by atoms with Crippen LogP contribution in [-0.2, 0) is 6.61 Å². The van der Waals surface area contributed by atoms with Gasteiger partial charge in [0, 0.05) is 10.0 Å². The summed E-state index contributed by atoms with van der Waals surface area (Å²) in [6, 6.07) is 13.2. The van der Waals surface area contributed by atoms with Crippen LogP contribution in [0.2, 0.25) is 0 Å². The van der Waals surface area contributed by atoms with Crippen LogP contribution in [0, 0.1) is 6.92 Å². The van der Waals surface area contributed by atoms with Crippen molar-refractivity contribution in [2.75, 3.05) is 0 Å². The van der Waals surface area contributed by atoms with Gasteiger partial charge in [-0.2, -0.15) is 0 Å². The van der Waals surface area contributed by atoms with E-state index in [9.17, 15) is 0 Å². The van der Waals surface area contributed by atoms with Gasteiger partial charge in [-0.1, -0.05) is 33.2 Å². The van der Waals surface area contributed by atoms with Gasteiger partial charge in [-0.05, 0) is 37.3 Å². The third-order valence-electron chi connectivity index (χ3n) is 3.38. The number of aryl methyl sites for hydroxylation is 1. The van der Waals surface area contributed by atoms with E-state index >= 15 is 0 Å². The summed E-state index contributed by atoms with van der Waals surface area (Å²) in [5, 5.41) is 11.8. The number of hydrogen-bond donors (Lipinski definition) is 1. The minimum atomic E-state index is 0.289. The van der Waals surface area contributed by atoms with Crippen molar-refractivity contribution in [1.29, 1.82) is 0 Å². The Balaban J connectivity index is 1.87. The number of hydrogen-bond acceptors (Lipinski definition) is 5. The predicted molar refractivity (Wildman–Crippen MR) is 92.1 cm³/mol. The van der Waals surface area contributed by atoms with Crippen molar-refractivity contribution in [2.45, 2.75) is 13.5 Å². The number of aromatic nitrogens is 2. The van der Waals surface area contributed by atoms with E-state index in [1.807, 2.05) is 49.4 Å². The highest BCUT2D eigenvalue weighted by Crippen LogP contribution is 2.23. The normalized spacial score (nSPS) is 11.2. The molecule has 0 fully saturated rings. The Morgan fingerprint density at radius 1 is 1.17 bits per heavy atom. The van der Waals surface area contributed by atoms with Gasteiger partial charge in [0.25, 0.3) is 0 Å². The molecule has 0 atom stereocenters. The first-order chi connectivity index (χ1) is 11.2. The molecule has 23 heavy (non-hydrogen) atoms. The molecule has 1 heterocycles. The quantitative estimate of drug-likeness (QED) is 0.426. The Hall–Kier alpha value is -2.47. The van der Waals surface area contributed by atoms with Crippen LogP contribution in [-0.4, -0.2) is 21.4 Å². The van der Waals surface area contributed by atoms with Crippen LogP contribution in [0.25, 0.3) is 11.0 Å². The fourth-order valence-electron chi connectivity index (χ4n) is 2.22. The Bertz CT molecular complexity index is 881. The summed E-state index contributed by atoms with van der Waals surface area (Å²) in [6.45, 7) is 2.20. The van der Waals surface area contributed by atoms with Crippen LogP contribution < -0.4 is 4.74 Å². The topological polar surface area (TPSA) is 67.6 Å². The second-order valence-electron chi connectivity index (χ2n) is 4.96. The molecule has 6 heteroatoms. The monoisotopic (exact) mass is 371 g/mol. The molecule has 0 aliphatic heterocycles. The molecule has 1 N–H and O–H groups in total. The zero-order valence-electron chi connectivity index (χ0n) is 12.4. The Morgan fingerprint density at radius 3 is 2.65 bits per heavy atom. The van der Waals surface area contributed by atoms with Gasteiger partial charge in [0.1, 0.15) is 12.4 Å². The molecule has 0 spiro atoms. The molecule has 0 saturated carbocycles. The average molecular weight is 372 g/mol. The number of oxime groups is 1. The minimum Gasteiger partial charge on any atom is -0.487 e. The number of fused-ring (bicyclic) bond motifs is 1. The summed E-state index contributed by atoms with van der Waals surface area (Å²) in [5.41, 5.74) is 3.99. The number of ether oxygens (including phenoxy) is 1. The molecule has 1 aromatic heterocycles. The first kappa shape index (κ1) is 15.4. The summed E-state index contributed by atoms with van der Waals surface area (Å²) in [4.78, 5) is 9.15. The molecule has 0 bridgehead atoms. The lowest BCUT2D eigenvalue weighted by Gasteiger charge is -2.11. The number of halogens is 1. The summed E-state index contributed by atoms with van der Waals surface area (Å²) in [5.74, 6) is 0.611. The van der Waals surface area contributed by atoms with E-state index in [0.717, 1.165) is 26.9 Å². The molecule has 3 rings (SSSR count). The van der Waals surface area contributed by atoms with Crippen LogP contribution in [0.1, 0.15) is 17.0 Å². The predicted octanol–water partition coefficient (Wildman–Crippen LogP) is 4.09. The summed E-state index contributed by atoms with van der Waals surface area (Å²) < 4.78 is 6.71. The van der Waals surface area contributed by atoms with Crippen molar-refractivity contribution in [2.24, 2.45) is 5.16 Å². The fraction of sp³-hybridized carbons (Fsp3) is 0.118. The van der Waals surface area contributed by atoms with Crippen molar-refractivity contribution in [3.8, 4) is 5.75 Å². The van der Waals surface area contributed by atoms with E-state index in [0.29, 0.717) is 11.3 Å². The number of nitrogens with zero attached hydrogens (tertiary/aromatic N) is 3. The fourth-order valence-corrected chi connectivity index (χ4v) is 2.60. The maximum absolute atomic E-state index is 8.76. The lowest BCUT2D eigenvalue weighted by atomic mass is 10.2. The van der Waals surface area contributed by atoms with Gasteiger partial charge in [0.2, 0.25) is 0 Å². The molecule has 0 amide bonds. The average Bonchev–Trinajstić information content (AvgIpc) is 2.54. The molecule has 0 aliphatic carbocycles. The maximum atomic E-state index is 8.76. The maximum Gasteiger partial charge on any atom is 0.132 e. The highest BCUT2D eigenvalue weighted by Gasteiger charge is 2.08. The molecule has 3 aromatic rings. The smallest absolute Gasteiger partial charge is 0.132 e. The molecule has 0 aliphatic rings. The highest BCUT2D eigenvalue weighted by molar-refractivity contribution is 9.10. The van der Waals surface area contributed by atoms with E-state index < -0.39 is 0 Å². The first-order valence-corrected chi connectivity index (χ1v) is 7.79. The lowest BCUT2D eigenvalue weighted by molar-refractivity contribution is 0.298. The van der Waals surface area contributed by atoms with Crippen LogP contribution in [0.4, 0.5) is 0 Å². The minimum absolute atomic E-state index is 0.289. The van der Waals surface area contributed by atoms with E-state index in [4.69, 9.17) is 9.94 Å². The molecule has 0 saturated heterocycles. The zero-order chi connectivity index (χ0) is 16.2. The Labute approximate surface area is 141 Å². The second-order valence-corrected chi connectivity index (χ2v) is 5.88. The van der Waals surface area contributed by atoms with Crippen molar-refractivity contribution >= 4 is 33.2 Å². The number of benzene rings is 2. The molecular weight excluding hydrogens is 358 g/mol. The Kier molecular flexibility index (Phi) is 4.52. The third-order valence-corrected chi connectivity index (χ3v) is 3.87. The van der Waals surface area contributed by atoms with Crippen LogP contribution >= 0.6 is 15.9 Å². The van der Waals surface area contributed by atoms with Crippen LogP contribution in [0.15, 0.2) is 52.1 Å². The van der Waals surface area contributed by atoms with Crippen molar-refractivity contribution < 1.29 is 9.94 Å². The standard InChI is InChI=1S/C17H14BrN3O2/c1-11-16(21-15-5-3-2-4-14(15)20-11)10-23-17-7-6-13(18)8-12(17)9-19-22/h2-9,22H,10H2,1H3. The van der Waals surface area contributed by atoms with E-state index in [-0.39, 0.29) is 6.61 Å². The molecule has 0 radical (unpaired) electrons. The van der Waals surface area contributed by atoms with Crippen LogP contribution in [0.3, 0.4) is 0 Å². The summed E-state index contributed by atoms with van der Waals surface area (Å²) in [6.07, 6.45) is 1.33. The van der Waals surface area contributed by atoms with E-state index in [2.05, 4.69) is 31.1 Å². The molecule has 0 unspecified atom stereocenters. The molecule has 5 nitrogen and oxygen atoms in total. The second kappa shape index (κ2) is 6.75. The van der Waals surface area contributed by atoms with Crippen molar-refractivity contribution in [3.63, 3.8) is 0 Å². The number of rotatable bonds is 4. The summed E-state index contributed by atoms with van der Waals surface area (Å²) >= 11 is 3.38. The highest BCUT2D eigenvalue weighted by atomic mass is 79.9. The molecule has 2 aromatic carbocycles. The van der Waals surface area contributed by atoms with Gasteiger partial charge in [-0.25, -0.2) is 9.97 Å². The van der Waals surface area contributed by atoms with Gasteiger partial charge < -0.3 is 9.94 Å². The van der Waals surface area contributed by atoms with E-state index in [1.165, 1.54) is 6.21 Å². The van der Waals surface area contributed by atoms with Gasteiger partial charge in [0.05, 0.1) is 28.6 Å². The van der Waals surface area contributed by atoms with Crippen molar-refractivity contribution in [1.82, 2.24) is 9.97 Å². The SMILES string of the molecule is Cc1nc2ccccc2nc1COc1ccc(Br)cc1C=NO. The largest absolute Gasteiger partial charge is 0.487 e. The van der Waals surface area contributed by atoms with Gasteiger partial charge in [0.15, 0.2) is 0 Å². The van der Waals surface area contributed by atoms with E-state index in [1.54, 1.807) is 0 Å². The van der Waals surface area contributed by atoms with Gasteiger partial charge in [-0.15, -0.1) is 0 Å².